The van der Waals surface area contributed by atoms with Gasteiger partial charge in [0.1, 0.15) is 11.3 Å². The molecular weight excluding hydrogens is 571 g/mol. The van der Waals surface area contributed by atoms with Crippen molar-refractivity contribution in [2.75, 3.05) is 44.8 Å². The summed E-state index contributed by atoms with van der Waals surface area (Å²) in [5.74, 6) is 0.586. The van der Waals surface area contributed by atoms with Crippen molar-refractivity contribution < 1.29 is 18.7 Å². The molecular formula is C35H41FN6O3. The highest BCUT2D eigenvalue weighted by molar-refractivity contribution is 5.94. The van der Waals surface area contributed by atoms with Gasteiger partial charge in [-0.2, -0.15) is 0 Å². The van der Waals surface area contributed by atoms with E-state index in [0.717, 1.165) is 53.0 Å². The number of imidazole rings is 1. The zero-order valence-corrected chi connectivity index (χ0v) is 25.8. The third kappa shape index (κ3) is 6.87. The number of anilines is 1. The molecule has 2 aliphatic rings. The fourth-order valence-electron chi connectivity index (χ4n) is 6.57. The molecule has 2 atom stereocenters. The van der Waals surface area contributed by atoms with E-state index in [0.29, 0.717) is 51.3 Å². The average molecular weight is 613 g/mol. The van der Waals surface area contributed by atoms with Crippen LogP contribution < -0.4 is 16.0 Å². The van der Waals surface area contributed by atoms with Crippen molar-refractivity contribution in [2.24, 2.45) is 5.73 Å². The number of urea groups is 1. The summed E-state index contributed by atoms with van der Waals surface area (Å²) in [6.45, 7) is 3.87. The normalized spacial score (nSPS) is 17.6. The number of nitrogens with zero attached hydrogens (tertiary/aromatic N) is 4. The van der Waals surface area contributed by atoms with Gasteiger partial charge in [-0.05, 0) is 66.6 Å². The molecule has 4 aromatic rings. The average Bonchev–Trinajstić information content (AvgIpc) is 3.66. The number of carbonyl (C=O) groups excluding carboxylic acids is 2. The van der Waals surface area contributed by atoms with Gasteiger partial charge in [0.2, 0.25) is 5.91 Å². The maximum Gasteiger partial charge on any atom is 0.321 e. The van der Waals surface area contributed by atoms with E-state index in [1.807, 2.05) is 35.2 Å². The van der Waals surface area contributed by atoms with Gasteiger partial charge < -0.3 is 25.3 Å². The third-order valence-corrected chi connectivity index (χ3v) is 8.89. The highest BCUT2D eigenvalue weighted by Crippen LogP contribution is 2.31. The number of nitrogens with two attached hydrogens (primary N) is 1. The van der Waals surface area contributed by atoms with Crippen LogP contribution in [0.15, 0.2) is 66.7 Å². The summed E-state index contributed by atoms with van der Waals surface area (Å²) in [7, 11) is 1.68. The molecule has 6 rings (SSSR count). The number of para-hydroxylation sites is 1. The van der Waals surface area contributed by atoms with E-state index in [1.54, 1.807) is 18.1 Å². The Labute approximate surface area is 263 Å². The molecule has 2 aliphatic heterocycles. The first-order valence-electron chi connectivity index (χ1n) is 15.8. The standard InChI is InChI=1S/C35H41FN6O3/c1-45-20-4-18-42-31-7-2-6-30(36)33(31)39-34(42)27-5-3-17-40(23-27)32(43)22-28(37)21-24-8-10-25(11-9-24)26-12-14-29(15-13-26)41-19-16-38-35(41)44/h2,6-15,27-28H,3-5,16-23,37H2,1H3,(H,38,44). The maximum atomic E-state index is 14.7. The van der Waals surface area contributed by atoms with Gasteiger partial charge in [0, 0.05) is 70.5 Å². The topological polar surface area (TPSA) is 106 Å². The Bertz CT molecular complexity index is 1640. The Morgan fingerprint density at radius 2 is 1.84 bits per heavy atom. The SMILES string of the molecule is COCCCn1c(C2CCCN(C(=O)CC(N)Cc3ccc(-c4ccc(N5CCNC5=O)cc4)cc3)C2)nc2c(F)cccc21. The van der Waals surface area contributed by atoms with Crippen molar-refractivity contribution in [3.8, 4) is 11.1 Å². The highest BCUT2D eigenvalue weighted by atomic mass is 19.1. The summed E-state index contributed by atoms with van der Waals surface area (Å²) >= 11 is 0. The lowest BCUT2D eigenvalue weighted by molar-refractivity contribution is -0.132. The lowest BCUT2D eigenvalue weighted by atomic mass is 9.95. The number of methoxy groups -OCH3 is 1. The van der Waals surface area contributed by atoms with Crippen LogP contribution in [-0.2, 0) is 22.5 Å². The number of piperidine rings is 1. The first-order chi connectivity index (χ1) is 21.9. The Morgan fingerprint density at radius 3 is 2.56 bits per heavy atom. The second-order valence-corrected chi connectivity index (χ2v) is 12.1. The number of fused-ring (bicyclic) bond motifs is 1. The van der Waals surface area contributed by atoms with Gasteiger partial charge in [-0.25, -0.2) is 14.2 Å². The van der Waals surface area contributed by atoms with E-state index in [9.17, 15) is 14.0 Å². The molecule has 9 nitrogen and oxygen atoms in total. The molecule has 2 fully saturated rings. The molecule has 0 aliphatic carbocycles. The number of carbonyl (C=O) groups is 2. The fraction of sp³-hybridized carbons (Fsp3) is 0.400. The van der Waals surface area contributed by atoms with E-state index in [4.69, 9.17) is 15.5 Å². The molecule has 3 aromatic carbocycles. The predicted molar refractivity (Wildman–Crippen MR) is 174 cm³/mol. The molecule has 3 amide bonds. The molecule has 236 valence electrons. The second-order valence-electron chi connectivity index (χ2n) is 12.1. The summed E-state index contributed by atoms with van der Waals surface area (Å²) in [4.78, 5) is 33.7. The lowest BCUT2D eigenvalue weighted by Crippen LogP contribution is -2.42. The summed E-state index contributed by atoms with van der Waals surface area (Å²) in [6, 6.07) is 20.9. The Balaban J connectivity index is 1.06. The molecule has 0 bridgehead atoms. The molecule has 1 aromatic heterocycles. The number of hydrogen-bond acceptors (Lipinski definition) is 5. The van der Waals surface area contributed by atoms with Gasteiger partial charge in [-0.3, -0.25) is 9.69 Å². The molecule has 10 heteroatoms. The van der Waals surface area contributed by atoms with Crippen LogP contribution in [0, 0.1) is 5.82 Å². The van der Waals surface area contributed by atoms with Crippen LogP contribution >= 0.6 is 0 Å². The van der Waals surface area contributed by atoms with Crippen LogP contribution in [0.2, 0.25) is 0 Å². The number of aryl methyl sites for hydroxylation is 1. The van der Waals surface area contributed by atoms with E-state index in [2.05, 4.69) is 34.1 Å². The summed E-state index contributed by atoms with van der Waals surface area (Å²) in [5.41, 5.74) is 11.8. The first-order valence-corrected chi connectivity index (χ1v) is 15.8. The molecule has 2 saturated heterocycles. The minimum atomic E-state index is -0.326. The number of likely N-dealkylation sites (tertiary alicyclic amines) is 1. The first kappa shape index (κ1) is 30.7. The molecule has 0 saturated carbocycles. The van der Waals surface area contributed by atoms with Crippen molar-refractivity contribution in [3.63, 3.8) is 0 Å². The van der Waals surface area contributed by atoms with Gasteiger partial charge in [0.25, 0.3) is 0 Å². The number of aromatic nitrogens is 2. The van der Waals surface area contributed by atoms with Gasteiger partial charge >= 0.3 is 6.03 Å². The number of hydrogen-bond donors (Lipinski definition) is 2. The number of amides is 3. The predicted octanol–water partition coefficient (Wildman–Crippen LogP) is 5.07. The van der Waals surface area contributed by atoms with Crippen LogP contribution in [-0.4, -0.2) is 72.3 Å². The molecule has 3 heterocycles. The van der Waals surface area contributed by atoms with Crippen molar-refractivity contribution >= 4 is 28.7 Å². The summed E-state index contributed by atoms with van der Waals surface area (Å²) in [5, 5.41) is 2.83. The largest absolute Gasteiger partial charge is 0.385 e. The summed E-state index contributed by atoms with van der Waals surface area (Å²) in [6.07, 6.45) is 3.42. The number of ether oxygens (including phenoxy) is 1. The van der Waals surface area contributed by atoms with Crippen LogP contribution in [0.1, 0.15) is 43.0 Å². The summed E-state index contributed by atoms with van der Waals surface area (Å²) < 4.78 is 22.0. The van der Waals surface area contributed by atoms with Crippen LogP contribution in [0.5, 0.6) is 0 Å². The lowest BCUT2D eigenvalue weighted by Gasteiger charge is -2.33. The van der Waals surface area contributed by atoms with Crippen LogP contribution in [0.25, 0.3) is 22.2 Å². The van der Waals surface area contributed by atoms with Gasteiger partial charge in [-0.15, -0.1) is 0 Å². The van der Waals surface area contributed by atoms with Gasteiger partial charge in [0.15, 0.2) is 5.82 Å². The van der Waals surface area contributed by atoms with Crippen molar-refractivity contribution in [2.45, 2.75) is 50.6 Å². The monoisotopic (exact) mass is 612 g/mol. The number of halogens is 1. The molecule has 45 heavy (non-hydrogen) atoms. The maximum absolute atomic E-state index is 14.7. The second kappa shape index (κ2) is 13.8. The Morgan fingerprint density at radius 1 is 1.09 bits per heavy atom. The van der Waals surface area contributed by atoms with Crippen molar-refractivity contribution in [1.29, 1.82) is 0 Å². The van der Waals surface area contributed by atoms with Crippen LogP contribution in [0.3, 0.4) is 0 Å². The molecule has 0 radical (unpaired) electrons. The minimum Gasteiger partial charge on any atom is -0.385 e. The Hall–Kier alpha value is -4.28. The zero-order valence-electron chi connectivity index (χ0n) is 25.8. The van der Waals surface area contributed by atoms with Gasteiger partial charge in [-0.1, -0.05) is 42.5 Å². The van der Waals surface area contributed by atoms with E-state index in [-0.39, 0.29) is 36.1 Å². The fourth-order valence-corrected chi connectivity index (χ4v) is 6.57. The van der Waals surface area contributed by atoms with Crippen molar-refractivity contribution in [1.82, 2.24) is 19.8 Å². The third-order valence-electron chi connectivity index (χ3n) is 8.89. The molecule has 2 unspecified atom stereocenters. The minimum absolute atomic E-state index is 0.0300. The Kier molecular flexibility index (Phi) is 9.42. The number of benzene rings is 3. The quantitative estimate of drug-likeness (QED) is 0.230. The van der Waals surface area contributed by atoms with Crippen LogP contribution in [0.4, 0.5) is 14.9 Å². The molecule has 0 spiro atoms. The zero-order chi connectivity index (χ0) is 31.3. The smallest absolute Gasteiger partial charge is 0.321 e. The van der Waals surface area contributed by atoms with E-state index in [1.165, 1.54) is 6.07 Å². The number of rotatable bonds is 11. The van der Waals surface area contributed by atoms with E-state index >= 15 is 0 Å². The van der Waals surface area contributed by atoms with Gasteiger partial charge in [0.05, 0.1) is 5.52 Å². The van der Waals surface area contributed by atoms with Crippen molar-refractivity contribution in [3.05, 3.63) is 83.9 Å². The van der Waals surface area contributed by atoms with E-state index < -0.39 is 0 Å². The number of nitrogens with one attached hydrogen (secondary N) is 1. The molecule has 3 N–H and O–H groups in total. The highest BCUT2D eigenvalue weighted by Gasteiger charge is 2.30.